The molecule has 1 N–H and O–H groups in total. The molecule has 0 spiro atoms. The van der Waals surface area contributed by atoms with Crippen LogP contribution in [0.4, 0.5) is 0 Å². The molecule has 1 aromatic carbocycles. The summed E-state index contributed by atoms with van der Waals surface area (Å²) in [5.74, 6) is 0.565. The van der Waals surface area contributed by atoms with E-state index in [0.29, 0.717) is 11.5 Å². The van der Waals surface area contributed by atoms with Gasteiger partial charge in [-0.15, -0.1) is 11.8 Å². The quantitative estimate of drug-likeness (QED) is 0.711. The Morgan fingerprint density at radius 2 is 2.00 bits per heavy atom. The molecule has 1 amide bonds. The normalized spacial score (nSPS) is 17.3. The summed E-state index contributed by atoms with van der Waals surface area (Å²) < 4.78 is 28.0. The van der Waals surface area contributed by atoms with Crippen molar-refractivity contribution >= 4 is 27.7 Å². The first-order valence-corrected chi connectivity index (χ1v) is 12.0. The summed E-state index contributed by atoms with van der Waals surface area (Å²) in [4.78, 5) is 15.8. The maximum atomic E-state index is 13.0. The van der Waals surface area contributed by atoms with Crippen LogP contribution in [-0.4, -0.2) is 44.6 Å². The lowest BCUT2D eigenvalue weighted by Gasteiger charge is -2.31. The Kier molecular flexibility index (Phi) is 7.55. The third kappa shape index (κ3) is 5.24. The molecular formula is C19H30N2O3S2. The monoisotopic (exact) mass is 398 g/mol. The van der Waals surface area contributed by atoms with E-state index in [1.165, 1.54) is 17.8 Å². The number of rotatable bonds is 7. The number of carbonyl (C=O) groups is 1. The van der Waals surface area contributed by atoms with E-state index in [9.17, 15) is 13.2 Å². The Morgan fingerprint density at radius 3 is 2.58 bits per heavy atom. The lowest BCUT2D eigenvalue weighted by molar-refractivity contribution is 0.0693. The van der Waals surface area contributed by atoms with Gasteiger partial charge in [0.05, 0.1) is 10.5 Å². The molecule has 1 heterocycles. The molecule has 0 radical (unpaired) electrons. The number of sulfonamides is 1. The second kappa shape index (κ2) is 9.24. The zero-order chi connectivity index (χ0) is 19.3. The van der Waals surface area contributed by atoms with Crippen LogP contribution in [0, 0.1) is 5.92 Å². The fourth-order valence-electron chi connectivity index (χ4n) is 3.23. The molecule has 0 aliphatic carbocycles. The molecule has 2 rings (SSSR count). The van der Waals surface area contributed by atoms with Crippen LogP contribution in [0.5, 0.6) is 0 Å². The molecule has 1 aromatic rings. The highest BCUT2D eigenvalue weighted by Crippen LogP contribution is 2.27. The minimum absolute atomic E-state index is 0.0695. The molecule has 1 aliphatic heterocycles. The summed E-state index contributed by atoms with van der Waals surface area (Å²) >= 11 is 1.47. The Labute approximate surface area is 162 Å². The summed E-state index contributed by atoms with van der Waals surface area (Å²) in [6, 6.07) is 4.73. The first-order valence-electron chi connectivity index (χ1n) is 9.28. The molecule has 0 saturated carbocycles. The van der Waals surface area contributed by atoms with E-state index in [1.54, 1.807) is 12.1 Å². The van der Waals surface area contributed by atoms with Gasteiger partial charge in [0.2, 0.25) is 10.0 Å². The van der Waals surface area contributed by atoms with Crippen molar-refractivity contribution in [1.82, 2.24) is 9.62 Å². The van der Waals surface area contributed by atoms with Crippen LogP contribution in [-0.2, 0) is 10.0 Å². The van der Waals surface area contributed by atoms with Gasteiger partial charge in [-0.2, -0.15) is 0 Å². The number of hydrogen-bond acceptors (Lipinski definition) is 4. The Morgan fingerprint density at radius 1 is 1.35 bits per heavy atom. The molecule has 146 valence electrons. The lowest BCUT2D eigenvalue weighted by atomic mass is 9.98. The summed E-state index contributed by atoms with van der Waals surface area (Å²) in [6.45, 7) is 7.55. The number of carbonyl (C=O) groups excluding carboxylic acids is 1. The van der Waals surface area contributed by atoms with Gasteiger partial charge in [-0.3, -0.25) is 4.79 Å². The minimum Gasteiger partial charge on any atom is -0.339 e. The van der Waals surface area contributed by atoms with Gasteiger partial charge >= 0.3 is 0 Å². The minimum atomic E-state index is -3.63. The van der Waals surface area contributed by atoms with Crippen molar-refractivity contribution in [2.75, 3.05) is 19.3 Å². The highest BCUT2D eigenvalue weighted by molar-refractivity contribution is 7.98. The van der Waals surface area contributed by atoms with Crippen molar-refractivity contribution in [2.24, 2.45) is 5.92 Å². The second-order valence-electron chi connectivity index (χ2n) is 7.15. The third-order valence-electron chi connectivity index (χ3n) is 4.86. The zero-order valence-electron chi connectivity index (χ0n) is 16.1. The van der Waals surface area contributed by atoms with Gasteiger partial charge in [0.25, 0.3) is 5.91 Å². The molecule has 0 unspecified atom stereocenters. The maximum Gasteiger partial charge on any atom is 0.255 e. The molecule has 7 heteroatoms. The van der Waals surface area contributed by atoms with Gasteiger partial charge in [-0.05, 0) is 56.6 Å². The fourth-order valence-corrected chi connectivity index (χ4v) is 5.10. The van der Waals surface area contributed by atoms with Gasteiger partial charge in [0, 0.05) is 24.0 Å². The number of thioether (sulfide) groups is 1. The molecule has 1 aliphatic rings. The van der Waals surface area contributed by atoms with Gasteiger partial charge in [0.15, 0.2) is 0 Å². The fraction of sp³-hybridized carbons (Fsp3) is 0.632. The van der Waals surface area contributed by atoms with Crippen LogP contribution in [0.2, 0.25) is 0 Å². The Balaban J connectivity index is 2.29. The van der Waals surface area contributed by atoms with Crippen LogP contribution in [0.25, 0.3) is 0 Å². The molecular weight excluding hydrogens is 368 g/mol. The number of piperidine rings is 1. The van der Waals surface area contributed by atoms with Crippen LogP contribution >= 0.6 is 11.8 Å². The summed E-state index contributed by atoms with van der Waals surface area (Å²) in [7, 11) is -3.63. The number of likely N-dealkylation sites (tertiary alicyclic amines) is 1. The smallest absolute Gasteiger partial charge is 0.255 e. The molecule has 0 bridgehead atoms. The predicted octanol–water partition coefficient (Wildman–Crippen LogP) is 3.75. The number of benzene rings is 1. The molecule has 1 fully saturated rings. The van der Waals surface area contributed by atoms with Crippen molar-refractivity contribution in [3.05, 3.63) is 23.8 Å². The SMILES string of the molecule is CCC[C@@H](C)NS(=O)(=O)c1ccc(SC)c(C(=O)N2CCC(C)CC2)c1. The van der Waals surface area contributed by atoms with Crippen molar-refractivity contribution in [1.29, 1.82) is 0 Å². The van der Waals surface area contributed by atoms with E-state index in [4.69, 9.17) is 0 Å². The van der Waals surface area contributed by atoms with E-state index < -0.39 is 10.0 Å². The number of hydrogen-bond donors (Lipinski definition) is 1. The van der Waals surface area contributed by atoms with Crippen molar-refractivity contribution in [2.45, 2.75) is 62.3 Å². The summed E-state index contributed by atoms with van der Waals surface area (Å²) in [6.07, 6.45) is 5.58. The van der Waals surface area contributed by atoms with Crippen LogP contribution in [0.15, 0.2) is 28.0 Å². The molecule has 26 heavy (non-hydrogen) atoms. The third-order valence-corrected chi connectivity index (χ3v) is 7.24. The highest BCUT2D eigenvalue weighted by Gasteiger charge is 2.25. The number of nitrogens with one attached hydrogen (secondary N) is 1. The van der Waals surface area contributed by atoms with E-state index in [1.807, 2.05) is 25.0 Å². The Hall–Kier alpha value is -1.05. The van der Waals surface area contributed by atoms with E-state index in [0.717, 1.165) is 43.7 Å². The number of amides is 1. The average Bonchev–Trinajstić information content (AvgIpc) is 2.61. The molecule has 0 aromatic heterocycles. The second-order valence-corrected chi connectivity index (χ2v) is 9.71. The van der Waals surface area contributed by atoms with Crippen molar-refractivity contribution < 1.29 is 13.2 Å². The average molecular weight is 399 g/mol. The first-order chi connectivity index (χ1) is 12.3. The standard InChI is InChI=1S/C19H30N2O3S2/c1-5-6-15(3)20-26(23,24)16-7-8-18(25-4)17(13-16)19(22)21-11-9-14(2)10-12-21/h7-8,13-15,20H,5-6,9-12H2,1-4H3/t15-/m1/s1. The van der Waals surface area contributed by atoms with Crippen molar-refractivity contribution in [3.8, 4) is 0 Å². The largest absolute Gasteiger partial charge is 0.339 e. The van der Waals surface area contributed by atoms with Gasteiger partial charge in [0.1, 0.15) is 0 Å². The zero-order valence-corrected chi connectivity index (χ0v) is 17.8. The molecule has 1 saturated heterocycles. The van der Waals surface area contributed by atoms with Gasteiger partial charge in [-0.1, -0.05) is 20.3 Å². The highest BCUT2D eigenvalue weighted by atomic mass is 32.2. The van der Waals surface area contributed by atoms with Crippen LogP contribution in [0.1, 0.15) is 56.8 Å². The van der Waals surface area contributed by atoms with Gasteiger partial charge < -0.3 is 4.90 Å². The summed E-state index contributed by atoms with van der Waals surface area (Å²) in [5.41, 5.74) is 0.484. The van der Waals surface area contributed by atoms with Gasteiger partial charge in [-0.25, -0.2) is 13.1 Å². The lowest BCUT2D eigenvalue weighted by Crippen LogP contribution is -2.38. The maximum absolute atomic E-state index is 13.0. The molecule has 5 nitrogen and oxygen atoms in total. The number of nitrogens with zero attached hydrogens (tertiary/aromatic N) is 1. The van der Waals surface area contributed by atoms with Crippen molar-refractivity contribution in [3.63, 3.8) is 0 Å². The van der Waals surface area contributed by atoms with Crippen LogP contribution in [0.3, 0.4) is 0 Å². The van der Waals surface area contributed by atoms with Crippen LogP contribution < -0.4 is 4.72 Å². The van der Waals surface area contributed by atoms with E-state index in [2.05, 4.69) is 11.6 Å². The topological polar surface area (TPSA) is 66.5 Å². The summed E-state index contributed by atoms with van der Waals surface area (Å²) in [5, 5.41) is 0. The Bertz CT molecular complexity index is 726. The first kappa shape index (κ1) is 21.3. The van der Waals surface area contributed by atoms with E-state index >= 15 is 0 Å². The predicted molar refractivity (Wildman–Crippen MR) is 107 cm³/mol. The van der Waals surface area contributed by atoms with E-state index in [-0.39, 0.29) is 16.8 Å². The molecule has 1 atom stereocenters.